The minimum absolute atomic E-state index is 0.863. The number of furan rings is 1. The zero-order valence-electron chi connectivity index (χ0n) is 35.2. The van der Waals surface area contributed by atoms with Crippen LogP contribution in [0.3, 0.4) is 0 Å². The molecule has 0 aliphatic heterocycles. The van der Waals surface area contributed by atoms with Crippen LogP contribution in [0.5, 0.6) is 0 Å². The van der Waals surface area contributed by atoms with E-state index in [9.17, 15) is 0 Å². The van der Waals surface area contributed by atoms with Gasteiger partial charge in [-0.3, -0.25) is 0 Å². The first kappa shape index (κ1) is 38.5. The van der Waals surface area contributed by atoms with Crippen molar-refractivity contribution in [3.63, 3.8) is 0 Å². The van der Waals surface area contributed by atoms with E-state index in [1.165, 1.54) is 50.1 Å². The lowest BCUT2D eigenvalue weighted by molar-refractivity contribution is 0.632. The Labute approximate surface area is 374 Å². The molecule has 0 amide bonds. The highest BCUT2D eigenvalue weighted by molar-refractivity contribution is 5.93. The summed E-state index contributed by atoms with van der Waals surface area (Å²) in [5.74, 6) is 0.863. The van der Waals surface area contributed by atoms with Crippen LogP contribution in [0.15, 0.2) is 265 Å². The molecule has 0 aliphatic carbocycles. The standard InChI is InChI=1S/C62H43NO/c1-3-16-44(17-4-1)49-21-15-22-50(42-49)45-30-36-52(37-31-45)63(54-40-34-48(35-41-54)57-25-10-13-28-60(57)62-43-51-20-7-14-29-61(51)64-62)53-38-32-47(33-39-53)56-24-9-12-27-59(56)58-26-11-8-23-55(58)46-18-5-2-6-19-46/h1-43H. The molecule has 11 rings (SSSR count). The summed E-state index contributed by atoms with van der Waals surface area (Å²) in [5.41, 5.74) is 19.4. The first-order chi connectivity index (χ1) is 31.7. The van der Waals surface area contributed by atoms with Crippen molar-refractivity contribution in [2.24, 2.45) is 0 Å². The summed E-state index contributed by atoms with van der Waals surface area (Å²) in [7, 11) is 0. The molecule has 0 unspecified atom stereocenters. The maximum atomic E-state index is 6.36. The van der Waals surface area contributed by atoms with Gasteiger partial charge < -0.3 is 9.32 Å². The molecule has 64 heavy (non-hydrogen) atoms. The first-order valence-corrected chi connectivity index (χ1v) is 21.8. The van der Waals surface area contributed by atoms with E-state index in [0.29, 0.717) is 0 Å². The van der Waals surface area contributed by atoms with Gasteiger partial charge in [0.2, 0.25) is 0 Å². The van der Waals surface area contributed by atoms with Gasteiger partial charge in [-0.25, -0.2) is 0 Å². The number of para-hydroxylation sites is 1. The van der Waals surface area contributed by atoms with Crippen molar-refractivity contribution < 1.29 is 4.42 Å². The van der Waals surface area contributed by atoms with Crippen molar-refractivity contribution in [3.8, 4) is 78.1 Å². The SMILES string of the molecule is c1ccc(-c2cccc(-c3ccc(N(c4ccc(-c5ccccc5-c5cc6ccccc6o5)cc4)c4ccc(-c5ccccc5-c5ccccc5-c5ccccc5)cc4)cc3)c2)cc1. The van der Waals surface area contributed by atoms with Crippen LogP contribution in [-0.4, -0.2) is 0 Å². The van der Waals surface area contributed by atoms with E-state index in [0.717, 1.165) is 56.0 Å². The van der Waals surface area contributed by atoms with E-state index in [-0.39, 0.29) is 0 Å². The van der Waals surface area contributed by atoms with E-state index < -0.39 is 0 Å². The second-order valence-corrected chi connectivity index (χ2v) is 16.1. The molecular weight excluding hydrogens is 775 g/mol. The fourth-order valence-electron chi connectivity index (χ4n) is 8.96. The van der Waals surface area contributed by atoms with Crippen LogP contribution in [0.4, 0.5) is 17.1 Å². The maximum absolute atomic E-state index is 6.36. The van der Waals surface area contributed by atoms with E-state index >= 15 is 0 Å². The molecule has 2 heteroatoms. The molecule has 0 spiro atoms. The van der Waals surface area contributed by atoms with E-state index in [4.69, 9.17) is 4.42 Å². The molecule has 302 valence electrons. The van der Waals surface area contributed by atoms with Crippen molar-refractivity contribution >= 4 is 28.0 Å². The average molecular weight is 818 g/mol. The molecule has 0 saturated heterocycles. The Morgan fingerprint density at radius 2 is 0.594 bits per heavy atom. The molecule has 0 saturated carbocycles. The lowest BCUT2D eigenvalue weighted by Gasteiger charge is -2.26. The topological polar surface area (TPSA) is 16.4 Å². The largest absolute Gasteiger partial charge is 0.456 e. The van der Waals surface area contributed by atoms with Crippen LogP contribution in [-0.2, 0) is 0 Å². The Morgan fingerprint density at radius 3 is 1.11 bits per heavy atom. The van der Waals surface area contributed by atoms with Gasteiger partial charge in [-0.2, -0.15) is 0 Å². The number of anilines is 3. The van der Waals surface area contributed by atoms with Crippen molar-refractivity contribution in [2.45, 2.75) is 0 Å². The molecule has 1 heterocycles. The van der Waals surface area contributed by atoms with E-state index in [1.807, 2.05) is 18.2 Å². The lowest BCUT2D eigenvalue weighted by Crippen LogP contribution is -2.09. The highest BCUT2D eigenvalue weighted by Crippen LogP contribution is 2.42. The van der Waals surface area contributed by atoms with Crippen molar-refractivity contribution in [1.82, 2.24) is 0 Å². The van der Waals surface area contributed by atoms with Gasteiger partial charge in [-0.05, 0) is 121 Å². The van der Waals surface area contributed by atoms with Gasteiger partial charge in [0.15, 0.2) is 0 Å². The number of nitrogens with zero attached hydrogens (tertiary/aromatic N) is 1. The normalized spacial score (nSPS) is 11.1. The molecule has 10 aromatic carbocycles. The summed E-state index contributed by atoms with van der Waals surface area (Å²) in [6, 6.07) is 93.1. The highest BCUT2D eigenvalue weighted by atomic mass is 16.3. The molecule has 0 fully saturated rings. The number of fused-ring (bicyclic) bond motifs is 1. The first-order valence-electron chi connectivity index (χ1n) is 21.8. The number of hydrogen-bond donors (Lipinski definition) is 0. The van der Waals surface area contributed by atoms with Gasteiger partial charge >= 0.3 is 0 Å². The highest BCUT2D eigenvalue weighted by Gasteiger charge is 2.18. The molecular formula is C62H43NO. The second-order valence-electron chi connectivity index (χ2n) is 16.1. The number of rotatable bonds is 10. The molecule has 1 aromatic heterocycles. The Morgan fingerprint density at radius 1 is 0.234 bits per heavy atom. The van der Waals surface area contributed by atoms with Gasteiger partial charge in [0.1, 0.15) is 11.3 Å². The predicted molar refractivity (Wildman–Crippen MR) is 269 cm³/mol. The van der Waals surface area contributed by atoms with Crippen LogP contribution in [0, 0.1) is 0 Å². The quantitative estimate of drug-likeness (QED) is 0.137. The van der Waals surface area contributed by atoms with Crippen LogP contribution in [0.25, 0.3) is 89.1 Å². The Balaban J connectivity index is 0.970. The van der Waals surface area contributed by atoms with E-state index in [2.05, 4.69) is 248 Å². The van der Waals surface area contributed by atoms with Crippen LogP contribution in [0.2, 0.25) is 0 Å². The van der Waals surface area contributed by atoms with Gasteiger partial charge in [-0.1, -0.05) is 206 Å². The fourth-order valence-corrected chi connectivity index (χ4v) is 8.96. The Kier molecular flexibility index (Phi) is 10.3. The zero-order valence-corrected chi connectivity index (χ0v) is 35.2. The molecule has 0 N–H and O–H groups in total. The minimum Gasteiger partial charge on any atom is -0.456 e. The zero-order chi connectivity index (χ0) is 42.7. The Bertz CT molecular complexity index is 3320. The van der Waals surface area contributed by atoms with Gasteiger partial charge in [0.05, 0.1) is 0 Å². The maximum Gasteiger partial charge on any atom is 0.136 e. The van der Waals surface area contributed by atoms with Crippen LogP contribution >= 0.6 is 0 Å². The van der Waals surface area contributed by atoms with Gasteiger partial charge in [-0.15, -0.1) is 0 Å². The summed E-state index contributed by atoms with van der Waals surface area (Å²) >= 11 is 0. The summed E-state index contributed by atoms with van der Waals surface area (Å²) in [6.45, 7) is 0. The van der Waals surface area contributed by atoms with Gasteiger partial charge in [0.25, 0.3) is 0 Å². The third-order valence-corrected chi connectivity index (χ3v) is 12.1. The monoisotopic (exact) mass is 817 g/mol. The summed E-state index contributed by atoms with van der Waals surface area (Å²) in [5, 5.41) is 1.10. The molecule has 0 atom stereocenters. The minimum atomic E-state index is 0.863. The molecule has 2 nitrogen and oxygen atoms in total. The summed E-state index contributed by atoms with van der Waals surface area (Å²) in [6.07, 6.45) is 0. The van der Waals surface area contributed by atoms with Crippen molar-refractivity contribution in [2.75, 3.05) is 4.90 Å². The number of benzene rings is 10. The molecule has 0 radical (unpaired) electrons. The molecule has 0 bridgehead atoms. The smallest absolute Gasteiger partial charge is 0.136 e. The van der Waals surface area contributed by atoms with Crippen molar-refractivity contribution in [3.05, 3.63) is 261 Å². The Hall–Kier alpha value is -8.46. The van der Waals surface area contributed by atoms with E-state index in [1.54, 1.807) is 0 Å². The third kappa shape index (κ3) is 7.59. The van der Waals surface area contributed by atoms with Crippen LogP contribution < -0.4 is 4.90 Å². The lowest BCUT2D eigenvalue weighted by atomic mass is 9.89. The summed E-state index contributed by atoms with van der Waals surface area (Å²) < 4.78 is 6.36. The van der Waals surface area contributed by atoms with Crippen molar-refractivity contribution in [1.29, 1.82) is 0 Å². The predicted octanol–water partition coefficient (Wildman–Crippen LogP) is 17.6. The molecule has 0 aliphatic rings. The fraction of sp³-hybridized carbons (Fsp3) is 0. The average Bonchev–Trinajstić information content (AvgIpc) is 3.82. The second kappa shape index (κ2) is 17.1. The molecule has 11 aromatic rings. The third-order valence-electron chi connectivity index (χ3n) is 12.1. The van der Waals surface area contributed by atoms with Crippen LogP contribution in [0.1, 0.15) is 0 Å². The number of hydrogen-bond acceptors (Lipinski definition) is 2. The summed E-state index contributed by atoms with van der Waals surface area (Å²) in [4.78, 5) is 2.35. The van der Waals surface area contributed by atoms with Gasteiger partial charge in [0, 0.05) is 28.0 Å².